The standard InChI is InChI=1S/C19H28N6O.HI/c1-19(2,3)24-17(26)13-23-18(20-4)22-12-16-21-10-11-25(16)14-15-8-6-5-7-9-15;/h5-11H,12-14H2,1-4H3,(H,24,26)(H2,20,22,23);1H. The van der Waals surface area contributed by atoms with Crippen molar-refractivity contribution in [2.75, 3.05) is 13.6 Å². The Morgan fingerprint density at radius 1 is 1.19 bits per heavy atom. The molecule has 0 bridgehead atoms. The highest BCUT2D eigenvalue weighted by atomic mass is 127. The van der Waals surface area contributed by atoms with Crippen molar-refractivity contribution in [1.82, 2.24) is 25.5 Å². The number of rotatable bonds is 6. The zero-order valence-electron chi connectivity index (χ0n) is 16.3. The molecule has 0 saturated heterocycles. The van der Waals surface area contributed by atoms with Gasteiger partial charge >= 0.3 is 0 Å². The second kappa shape index (κ2) is 10.9. The monoisotopic (exact) mass is 484 g/mol. The van der Waals surface area contributed by atoms with Gasteiger partial charge in [0.1, 0.15) is 5.82 Å². The van der Waals surface area contributed by atoms with Crippen molar-refractivity contribution in [2.24, 2.45) is 4.99 Å². The van der Waals surface area contributed by atoms with Crippen molar-refractivity contribution in [2.45, 2.75) is 39.4 Å². The van der Waals surface area contributed by atoms with Crippen LogP contribution in [0.15, 0.2) is 47.7 Å². The van der Waals surface area contributed by atoms with Crippen molar-refractivity contribution < 1.29 is 4.79 Å². The Hall–Kier alpha value is -2.10. The molecule has 148 valence electrons. The van der Waals surface area contributed by atoms with E-state index in [1.54, 1.807) is 13.2 Å². The van der Waals surface area contributed by atoms with Crippen LogP contribution in [0.1, 0.15) is 32.2 Å². The lowest BCUT2D eigenvalue weighted by Crippen LogP contribution is -2.48. The van der Waals surface area contributed by atoms with Crippen molar-refractivity contribution in [3.63, 3.8) is 0 Å². The summed E-state index contributed by atoms with van der Waals surface area (Å²) in [7, 11) is 1.67. The molecule has 1 aromatic carbocycles. The molecule has 7 nitrogen and oxygen atoms in total. The minimum Gasteiger partial charge on any atom is -0.350 e. The molecule has 2 rings (SSSR count). The third-order valence-corrected chi connectivity index (χ3v) is 3.57. The minimum atomic E-state index is -0.252. The van der Waals surface area contributed by atoms with E-state index in [0.29, 0.717) is 12.5 Å². The van der Waals surface area contributed by atoms with Gasteiger partial charge in [-0.2, -0.15) is 0 Å². The number of hydrogen-bond acceptors (Lipinski definition) is 3. The Morgan fingerprint density at radius 2 is 1.89 bits per heavy atom. The van der Waals surface area contributed by atoms with Gasteiger partial charge in [-0.3, -0.25) is 9.79 Å². The summed E-state index contributed by atoms with van der Waals surface area (Å²) < 4.78 is 2.09. The van der Waals surface area contributed by atoms with E-state index in [0.717, 1.165) is 12.4 Å². The molecule has 8 heteroatoms. The van der Waals surface area contributed by atoms with Gasteiger partial charge in [0.15, 0.2) is 5.96 Å². The molecule has 1 amide bonds. The molecule has 0 fully saturated rings. The van der Waals surface area contributed by atoms with Crippen molar-refractivity contribution >= 4 is 35.8 Å². The van der Waals surface area contributed by atoms with E-state index in [9.17, 15) is 4.79 Å². The van der Waals surface area contributed by atoms with Crippen molar-refractivity contribution in [3.05, 3.63) is 54.1 Å². The zero-order valence-corrected chi connectivity index (χ0v) is 18.7. The van der Waals surface area contributed by atoms with Crippen LogP contribution in [0, 0.1) is 0 Å². The van der Waals surface area contributed by atoms with Crippen molar-refractivity contribution in [1.29, 1.82) is 0 Å². The summed E-state index contributed by atoms with van der Waals surface area (Å²) in [4.78, 5) is 20.4. The number of hydrogen-bond donors (Lipinski definition) is 3. The van der Waals surface area contributed by atoms with Crippen LogP contribution in [-0.4, -0.2) is 40.5 Å². The number of aromatic nitrogens is 2. The van der Waals surface area contributed by atoms with Gasteiger partial charge < -0.3 is 20.5 Å². The van der Waals surface area contributed by atoms with Crippen LogP contribution in [-0.2, 0) is 17.9 Å². The topological polar surface area (TPSA) is 83.3 Å². The number of benzene rings is 1. The maximum atomic E-state index is 11.9. The molecule has 0 atom stereocenters. The Balaban J connectivity index is 0.00000364. The molecule has 0 spiro atoms. The second-order valence-electron chi connectivity index (χ2n) is 7.03. The Kier molecular flexibility index (Phi) is 9.27. The predicted molar refractivity (Wildman–Crippen MR) is 119 cm³/mol. The largest absolute Gasteiger partial charge is 0.350 e. The summed E-state index contributed by atoms with van der Waals surface area (Å²) in [6, 6.07) is 10.2. The first-order chi connectivity index (χ1) is 12.4. The van der Waals surface area contributed by atoms with Gasteiger partial charge in [-0.25, -0.2) is 4.98 Å². The van der Waals surface area contributed by atoms with Gasteiger partial charge in [-0.15, -0.1) is 24.0 Å². The Morgan fingerprint density at radius 3 is 2.52 bits per heavy atom. The highest BCUT2D eigenvalue weighted by molar-refractivity contribution is 14.0. The van der Waals surface area contributed by atoms with E-state index in [1.165, 1.54) is 5.56 Å². The molecule has 0 aliphatic rings. The van der Waals surface area contributed by atoms with Crippen LogP contribution in [0.2, 0.25) is 0 Å². The first kappa shape index (κ1) is 22.9. The maximum Gasteiger partial charge on any atom is 0.239 e. The van der Waals surface area contributed by atoms with Crippen molar-refractivity contribution in [3.8, 4) is 0 Å². The number of guanidine groups is 1. The summed E-state index contributed by atoms with van der Waals surface area (Å²) in [5.41, 5.74) is 0.964. The number of nitrogens with zero attached hydrogens (tertiary/aromatic N) is 3. The van der Waals surface area contributed by atoms with E-state index in [-0.39, 0.29) is 42.0 Å². The number of halogens is 1. The molecule has 3 N–H and O–H groups in total. The van der Waals surface area contributed by atoms with E-state index in [4.69, 9.17) is 0 Å². The Labute approximate surface area is 178 Å². The van der Waals surface area contributed by atoms with Crippen LogP contribution in [0.3, 0.4) is 0 Å². The maximum absolute atomic E-state index is 11.9. The SMILES string of the molecule is CN=C(NCC(=O)NC(C)(C)C)NCc1nccn1Cc1ccccc1.I. The normalized spacial score (nSPS) is 11.5. The van der Waals surface area contributed by atoms with Crippen LogP contribution >= 0.6 is 24.0 Å². The summed E-state index contributed by atoms with van der Waals surface area (Å²) in [5, 5.41) is 9.11. The van der Waals surface area contributed by atoms with Crippen LogP contribution in [0.4, 0.5) is 0 Å². The van der Waals surface area contributed by atoms with E-state index in [2.05, 4.69) is 42.6 Å². The molecule has 0 radical (unpaired) electrons. The third-order valence-electron chi connectivity index (χ3n) is 3.57. The van der Waals surface area contributed by atoms with E-state index < -0.39 is 0 Å². The summed E-state index contributed by atoms with van der Waals surface area (Å²) in [5.74, 6) is 1.38. The van der Waals surface area contributed by atoms with E-state index in [1.807, 2.05) is 45.2 Å². The van der Waals surface area contributed by atoms with Gasteiger partial charge in [0.05, 0.1) is 13.1 Å². The molecule has 0 aliphatic carbocycles. The average Bonchev–Trinajstić information content (AvgIpc) is 3.01. The molecule has 2 aromatic rings. The molecule has 27 heavy (non-hydrogen) atoms. The van der Waals surface area contributed by atoms with Gasteiger partial charge in [0.2, 0.25) is 5.91 Å². The lowest BCUT2D eigenvalue weighted by Gasteiger charge is -2.21. The fourth-order valence-electron chi connectivity index (χ4n) is 2.44. The number of imidazole rings is 1. The first-order valence-electron chi connectivity index (χ1n) is 8.67. The number of nitrogens with one attached hydrogen (secondary N) is 3. The van der Waals surface area contributed by atoms with Crippen LogP contribution in [0.5, 0.6) is 0 Å². The fourth-order valence-corrected chi connectivity index (χ4v) is 2.44. The number of amides is 1. The zero-order chi connectivity index (χ0) is 19.0. The van der Waals surface area contributed by atoms with Gasteiger partial charge in [-0.05, 0) is 26.3 Å². The number of aliphatic imine (C=N–C) groups is 1. The molecular formula is C19H29IN6O. The summed E-state index contributed by atoms with van der Waals surface area (Å²) >= 11 is 0. The molecule has 0 unspecified atom stereocenters. The number of carbonyl (C=O) groups is 1. The minimum absolute atomic E-state index is 0. The van der Waals surface area contributed by atoms with Crippen LogP contribution < -0.4 is 16.0 Å². The second-order valence-corrected chi connectivity index (χ2v) is 7.03. The summed E-state index contributed by atoms with van der Waals surface area (Å²) in [6.07, 6.45) is 3.74. The lowest BCUT2D eigenvalue weighted by molar-refractivity contribution is -0.121. The smallest absolute Gasteiger partial charge is 0.239 e. The van der Waals surface area contributed by atoms with Gasteiger partial charge in [-0.1, -0.05) is 30.3 Å². The molecule has 1 aromatic heterocycles. The third kappa shape index (κ3) is 8.42. The lowest BCUT2D eigenvalue weighted by atomic mass is 10.1. The van der Waals surface area contributed by atoms with E-state index >= 15 is 0 Å². The molecular weight excluding hydrogens is 455 g/mol. The highest BCUT2D eigenvalue weighted by Crippen LogP contribution is 2.05. The van der Waals surface area contributed by atoms with Gasteiger partial charge in [0.25, 0.3) is 0 Å². The summed E-state index contributed by atoms with van der Waals surface area (Å²) in [6.45, 7) is 7.28. The molecule has 0 aliphatic heterocycles. The predicted octanol–water partition coefficient (Wildman–Crippen LogP) is 2.13. The van der Waals surface area contributed by atoms with Crippen LogP contribution in [0.25, 0.3) is 0 Å². The quantitative estimate of drug-likeness (QED) is 0.333. The highest BCUT2D eigenvalue weighted by Gasteiger charge is 2.13. The average molecular weight is 484 g/mol. The Bertz CT molecular complexity index is 736. The molecule has 0 saturated carbocycles. The molecule has 1 heterocycles. The fraction of sp³-hybridized carbons (Fsp3) is 0.421. The number of carbonyl (C=O) groups excluding carboxylic acids is 1. The first-order valence-corrected chi connectivity index (χ1v) is 8.67. The van der Waals surface area contributed by atoms with Gasteiger partial charge in [0, 0.05) is 31.5 Å².